The van der Waals surface area contributed by atoms with Crippen molar-refractivity contribution in [2.45, 2.75) is 46.1 Å². The van der Waals surface area contributed by atoms with Gasteiger partial charge in [-0.15, -0.1) is 0 Å². The third-order valence-electron chi connectivity index (χ3n) is 4.06. The van der Waals surface area contributed by atoms with Crippen molar-refractivity contribution >= 4 is 15.9 Å². The van der Waals surface area contributed by atoms with Gasteiger partial charge in [0, 0.05) is 20.1 Å². The number of piperidine rings is 1. The Morgan fingerprint density at radius 3 is 2.78 bits per heavy atom. The van der Waals surface area contributed by atoms with E-state index < -0.39 is 0 Å². The summed E-state index contributed by atoms with van der Waals surface area (Å²) in [4.78, 5) is 2.58. The van der Waals surface area contributed by atoms with Crippen LogP contribution in [0.25, 0.3) is 0 Å². The van der Waals surface area contributed by atoms with E-state index in [2.05, 4.69) is 46.8 Å². The number of aryl methyl sites for hydroxylation is 2. The van der Waals surface area contributed by atoms with E-state index in [4.69, 9.17) is 0 Å². The van der Waals surface area contributed by atoms with Crippen LogP contribution in [0.4, 0.5) is 0 Å². The molecule has 1 aliphatic rings. The highest BCUT2D eigenvalue weighted by molar-refractivity contribution is 9.10. The predicted octanol–water partition coefficient (Wildman–Crippen LogP) is 3.37. The van der Waals surface area contributed by atoms with Gasteiger partial charge in [-0.2, -0.15) is 5.10 Å². The summed E-state index contributed by atoms with van der Waals surface area (Å²) in [6.07, 6.45) is 5.05. The number of likely N-dealkylation sites (tertiary alicyclic amines) is 1. The van der Waals surface area contributed by atoms with Crippen molar-refractivity contribution in [2.75, 3.05) is 13.1 Å². The molecular formula is C14H24BrN3. The van der Waals surface area contributed by atoms with Crippen molar-refractivity contribution in [1.82, 2.24) is 14.7 Å². The molecule has 2 rings (SSSR count). The minimum atomic E-state index is 0.886. The summed E-state index contributed by atoms with van der Waals surface area (Å²) in [6, 6.07) is 0. The summed E-state index contributed by atoms with van der Waals surface area (Å²) in [6.45, 7) is 7.97. The van der Waals surface area contributed by atoms with E-state index in [0.29, 0.717) is 0 Å². The number of rotatable bonds is 4. The lowest BCUT2D eigenvalue weighted by molar-refractivity contribution is 0.161. The normalized spacial score (nSPS) is 21.4. The number of hydrogen-bond donors (Lipinski definition) is 0. The molecule has 1 saturated heterocycles. The molecule has 3 nitrogen and oxygen atoms in total. The Hall–Kier alpha value is -0.350. The molecule has 1 atom stereocenters. The Kier molecular flexibility index (Phi) is 4.84. The van der Waals surface area contributed by atoms with Gasteiger partial charge < -0.3 is 0 Å². The van der Waals surface area contributed by atoms with Gasteiger partial charge in [-0.05, 0) is 47.7 Å². The predicted molar refractivity (Wildman–Crippen MR) is 78.6 cm³/mol. The quantitative estimate of drug-likeness (QED) is 0.849. The van der Waals surface area contributed by atoms with E-state index in [1.807, 2.05) is 4.68 Å². The smallest absolute Gasteiger partial charge is 0.0767 e. The minimum absolute atomic E-state index is 0.886. The van der Waals surface area contributed by atoms with Crippen LogP contribution in [-0.4, -0.2) is 27.8 Å². The van der Waals surface area contributed by atoms with Gasteiger partial charge in [-0.3, -0.25) is 9.58 Å². The van der Waals surface area contributed by atoms with Gasteiger partial charge in [-0.1, -0.05) is 20.3 Å². The second kappa shape index (κ2) is 6.20. The summed E-state index contributed by atoms with van der Waals surface area (Å²) in [5.41, 5.74) is 2.50. The SMILES string of the molecule is CCc1nn(C)c(CN2CCCC(CC)C2)c1Br. The number of halogens is 1. The number of nitrogens with zero attached hydrogens (tertiary/aromatic N) is 3. The van der Waals surface area contributed by atoms with Gasteiger partial charge in [0.1, 0.15) is 0 Å². The minimum Gasteiger partial charge on any atom is -0.297 e. The van der Waals surface area contributed by atoms with Crippen molar-refractivity contribution in [3.63, 3.8) is 0 Å². The Morgan fingerprint density at radius 1 is 1.39 bits per heavy atom. The van der Waals surface area contributed by atoms with E-state index in [1.54, 1.807) is 0 Å². The van der Waals surface area contributed by atoms with Crippen LogP contribution in [0.1, 0.15) is 44.5 Å². The van der Waals surface area contributed by atoms with Crippen LogP contribution >= 0.6 is 15.9 Å². The molecule has 0 radical (unpaired) electrons. The van der Waals surface area contributed by atoms with E-state index in [-0.39, 0.29) is 0 Å². The molecule has 0 aromatic carbocycles. The molecule has 0 spiro atoms. The monoisotopic (exact) mass is 313 g/mol. The van der Waals surface area contributed by atoms with Crippen LogP contribution in [0, 0.1) is 5.92 Å². The maximum absolute atomic E-state index is 4.58. The Balaban J connectivity index is 2.07. The van der Waals surface area contributed by atoms with Gasteiger partial charge >= 0.3 is 0 Å². The first kappa shape index (κ1) is 14.1. The van der Waals surface area contributed by atoms with E-state index in [9.17, 15) is 0 Å². The number of hydrogen-bond acceptors (Lipinski definition) is 2. The summed E-state index contributed by atoms with van der Waals surface area (Å²) in [7, 11) is 2.06. The fraction of sp³-hybridized carbons (Fsp3) is 0.786. The lowest BCUT2D eigenvalue weighted by atomic mass is 9.95. The number of aromatic nitrogens is 2. The van der Waals surface area contributed by atoms with Crippen LogP contribution in [0.15, 0.2) is 4.47 Å². The lowest BCUT2D eigenvalue weighted by Gasteiger charge is -2.32. The Morgan fingerprint density at radius 2 is 2.17 bits per heavy atom. The molecule has 4 heteroatoms. The molecule has 2 heterocycles. The van der Waals surface area contributed by atoms with Crippen LogP contribution in [0.3, 0.4) is 0 Å². The van der Waals surface area contributed by atoms with Crippen molar-refractivity contribution in [1.29, 1.82) is 0 Å². The van der Waals surface area contributed by atoms with Gasteiger partial charge in [-0.25, -0.2) is 0 Å². The second-order valence-electron chi connectivity index (χ2n) is 5.34. The highest BCUT2D eigenvalue weighted by Gasteiger charge is 2.21. The molecule has 1 unspecified atom stereocenters. The molecule has 18 heavy (non-hydrogen) atoms. The van der Waals surface area contributed by atoms with Gasteiger partial charge in [0.15, 0.2) is 0 Å². The average molecular weight is 314 g/mol. The Bertz CT molecular complexity index is 400. The second-order valence-corrected chi connectivity index (χ2v) is 6.13. The molecule has 0 N–H and O–H groups in total. The molecule has 0 amide bonds. The third-order valence-corrected chi connectivity index (χ3v) is 4.97. The molecule has 1 aliphatic heterocycles. The molecule has 1 fully saturated rings. The zero-order valence-corrected chi connectivity index (χ0v) is 13.3. The summed E-state index contributed by atoms with van der Waals surface area (Å²) < 4.78 is 3.25. The average Bonchev–Trinajstić information content (AvgIpc) is 2.66. The zero-order valence-electron chi connectivity index (χ0n) is 11.7. The van der Waals surface area contributed by atoms with Crippen LogP contribution in [0.2, 0.25) is 0 Å². The fourth-order valence-corrected chi connectivity index (χ4v) is 3.57. The summed E-state index contributed by atoms with van der Waals surface area (Å²) in [5, 5.41) is 4.58. The maximum Gasteiger partial charge on any atom is 0.0767 e. The first-order chi connectivity index (χ1) is 8.65. The van der Waals surface area contributed by atoms with Crippen LogP contribution < -0.4 is 0 Å². The van der Waals surface area contributed by atoms with E-state index >= 15 is 0 Å². The Labute approximate surface area is 119 Å². The highest BCUT2D eigenvalue weighted by Crippen LogP contribution is 2.26. The highest BCUT2D eigenvalue weighted by atomic mass is 79.9. The topological polar surface area (TPSA) is 21.1 Å². The molecule has 102 valence electrons. The molecular weight excluding hydrogens is 290 g/mol. The maximum atomic E-state index is 4.58. The van der Waals surface area contributed by atoms with Gasteiger partial charge in [0.2, 0.25) is 0 Å². The van der Waals surface area contributed by atoms with Gasteiger partial charge in [0.25, 0.3) is 0 Å². The van der Waals surface area contributed by atoms with Crippen LogP contribution in [0.5, 0.6) is 0 Å². The van der Waals surface area contributed by atoms with E-state index in [1.165, 1.54) is 48.2 Å². The zero-order chi connectivity index (χ0) is 13.1. The molecule has 0 bridgehead atoms. The molecule has 1 aromatic heterocycles. The lowest BCUT2D eigenvalue weighted by Crippen LogP contribution is -2.35. The first-order valence-electron chi connectivity index (χ1n) is 7.08. The fourth-order valence-electron chi connectivity index (χ4n) is 2.83. The summed E-state index contributed by atoms with van der Waals surface area (Å²) >= 11 is 3.71. The van der Waals surface area contributed by atoms with Crippen molar-refractivity contribution in [3.8, 4) is 0 Å². The van der Waals surface area contributed by atoms with Crippen molar-refractivity contribution in [3.05, 3.63) is 15.9 Å². The largest absolute Gasteiger partial charge is 0.297 e. The molecule has 1 aromatic rings. The van der Waals surface area contributed by atoms with Crippen molar-refractivity contribution < 1.29 is 0 Å². The van der Waals surface area contributed by atoms with Gasteiger partial charge in [0.05, 0.1) is 15.9 Å². The molecule has 0 saturated carbocycles. The van der Waals surface area contributed by atoms with Crippen molar-refractivity contribution in [2.24, 2.45) is 13.0 Å². The van der Waals surface area contributed by atoms with Crippen LogP contribution in [-0.2, 0) is 20.0 Å². The van der Waals surface area contributed by atoms with E-state index in [0.717, 1.165) is 18.9 Å². The standard InChI is InChI=1S/C14H24BrN3/c1-4-11-7-6-8-18(9-11)10-13-14(15)12(5-2)16-17(13)3/h11H,4-10H2,1-3H3. The first-order valence-corrected chi connectivity index (χ1v) is 7.87. The third kappa shape index (κ3) is 2.97. The molecule has 0 aliphatic carbocycles. The summed E-state index contributed by atoms with van der Waals surface area (Å²) in [5.74, 6) is 0.886.